The average molecular weight is 291 g/mol. The molecule has 0 bridgehead atoms. The van der Waals surface area contributed by atoms with Crippen molar-refractivity contribution in [1.29, 1.82) is 0 Å². The fourth-order valence-electron chi connectivity index (χ4n) is 2.38. The Kier molecular flexibility index (Phi) is 5.47. The first kappa shape index (κ1) is 15.7. The van der Waals surface area contributed by atoms with Crippen LogP contribution in [0.1, 0.15) is 19.4 Å². The maximum atomic E-state index is 12.3. The van der Waals surface area contributed by atoms with Gasteiger partial charge in [-0.25, -0.2) is 0 Å². The largest absolute Gasteiger partial charge is 0.369 e. The van der Waals surface area contributed by atoms with Crippen LogP contribution in [0.25, 0.3) is 0 Å². The highest BCUT2D eigenvalue weighted by molar-refractivity contribution is 5.81. The van der Waals surface area contributed by atoms with Gasteiger partial charge in [0.15, 0.2) is 12.5 Å². The lowest BCUT2D eigenvalue weighted by atomic mass is 10.1. The van der Waals surface area contributed by atoms with Crippen LogP contribution in [-0.2, 0) is 25.5 Å². The van der Waals surface area contributed by atoms with E-state index in [0.29, 0.717) is 19.3 Å². The highest BCUT2D eigenvalue weighted by atomic mass is 16.5. The number of hydrogen-bond donors (Lipinski definition) is 0. The predicted octanol–water partition coefficient (Wildman–Crippen LogP) is 1.41. The van der Waals surface area contributed by atoms with Gasteiger partial charge < -0.3 is 14.4 Å². The van der Waals surface area contributed by atoms with E-state index < -0.39 is 6.23 Å². The molecular weight excluding hydrogens is 270 g/mol. The molecule has 0 N–H and O–H groups in total. The molecule has 1 heterocycles. The molecule has 0 aliphatic carbocycles. The topological polar surface area (TPSA) is 55.8 Å². The molecule has 5 nitrogen and oxygen atoms in total. The Balaban J connectivity index is 2.05. The summed E-state index contributed by atoms with van der Waals surface area (Å²) in [6.45, 7) is 4.07. The van der Waals surface area contributed by atoms with Crippen molar-refractivity contribution in [1.82, 2.24) is 4.90 Å². The second kappa shape index (κ2) is 7.33. The second-order valence-corrected chi connectivity index (χ2v) is 5.36. The number of nitrogens with zero attached hydrogens (tertiary/aromatic N) is 1. The number of hydrogen-bond acceptors (Lipinski definition) is 4. The molecule has 1 fully saturated rings. The van der Waals surface area contributed by atoms with Gasteiger partial charge in [0.25, 0.3) is 5.91 Å². The van der Waals surface area contributed by atoms with Crippen LogP contribution in [0, 0.1) is 0 Å². The zero-order valence-corrected chi connectivity index (χ0v) is 12.4. The number of benzene rings is 1. The summed E-state index contributed by atoms with van der Waals surface area (Å²) in [6, 6.07) is 9.73. The fraction of sp³-hybridized carbons (Fsp3) is 0.500. The number of aldehydes is 1. The van der Waals surface area contributed by atoms with Crippen molar-refractivity contribution >= 4 is 12.2 Å². The van der Waals surface area contributed by atoms with Crippen LogP contribution < -0.4 is 0 Å². The normalized spacial score (nSPS) is 21.8. The van der Waals surface area contributed by atoms with Crippen molar-refractivity contribution in [2.75, 3.05) is 13.2 Å². The third-order valence-electron chi connectivity index (χ3n) is 3.39. The lowest BCUT2D eigenvalue weighted by Crippen LogP contribution is -2.45. The Bertz CT molecular complexity index is 474. The van der Waals surface area contributed by atoms with Gasteiger partial charge >= 0.3 is 0 Å². The SMILES string of the molecule is CC(C)OCC(=O)N1C(Cc2ccccc2)COC1C=O. The van der Waals surface area contributed by atoms with Crippen molar-refractivity contribution in [3.63, 3.8) is 0 Å². The molecule has 1 aliphatic rings. The summed E-state index contributed by atoms with van der Waals surface area (Å²) in [4.78, 5) is 24.9. The van der Waals surface area contributed by atoms with Gasteiger partial charge in [0.05, 0.1) is 18.8 Å². The summed E-state index contributed by atoms with van der Waals surface area (Å²) in [7, 11) is 0. The Morgan fingerprint density at radius 1 is 1.43 bits per heavy atom. The zero-order chi connectivity index (χ0) is 15.2. The van der Waals surface area contributed by atoms with Crippen LogP contribution >= 0.6 is 0 Å². The van der Waals surface area contributed by atoms with Crippen LogP contribution in [0.4, 0.5) is 0 Å². The predicted molar refractivity (Wildman–Crippen MR) is 77.7 cm³/mol. The molecule has 1 aliphatic heterocycles. The number of ether oxygens (including phenoxy) is 2. The van der Waals surface area contributed by atoms with Gasteiger partial charge in [-0.15, -0.1) is 0 Å². The summed E-state index contributed by atoms with van der Waals surface area (Å²) >= 11 is 0. The van der Waals surface area contributed by atoms with E-state index in [2.05, 4.69) is 0 Å². The van der Waals surface area contributed by atoms with Crippen molar-refractivity contribution < 1.29 is 19.1 Å². The fourth-order valence-corrected chi connectivity index (χ4v) is 2.38. The van der Waals surface area contributed by atoms with E-state index in [1.165, 1.54) is 4.90 Å². The maximum Gasteiger partial charge on any atom is 0.251 e. The van der Waals surface area contributed by atoms with E-state index in [0.717, 1.165) is 5.56 Å². The molecular formula is C16H21NO4. The highest BCUT2D eigenvalue weighted by Gasteiger charge is 2.37. The minimum atomic E-state index is -0.804. The van der Waals surface area contributed by atoms with Gasteiger partial charge in [-0.3, -0.25) is 9.59 Å². The molecule has 1 aromatic rings. The molecule has 0 radical (unpaired) electrons. The molecule has 2 rings (SSSR count). The zero-order valence-electron chi connectivity index (χ0n) is 12.4. The van der Waals surface area contributed by atoms with Gasteiger partial charge in [-0.05, 0) is 25.8 Å². The van der Waals surface area contributed by atoms with Crippen molar-refractivity contribution in [3.8, 4) is 0 Å². The van der Waals surface area contributed by atoms with E-state index in [1.54, 1.807) is 0 Å². The lowest BCUT2D eigenvalue weighted by molar-refractivity contribution is -0.147. The first-order valence-corrected chi connectivity index (χ1v) is 7.15. The van der Waals surface area contributed by atoms with Crippen LogP contribution in [0.15, 0.2) is 30.3 Å². The molecule has 1 saturated heterocycles. The Labute approximate surface area is 124 Å². The van der Waals surface area contributed by atoms with E-state index in [-0.39, 0.29) is 24.7 Å². The van der Waals surface area contributed by atoms with Gasteiger partial charge in [0.2, 0.25) is 0 Å². The monoisotopic (exact) mass is 291 g/mol. The van der Waals surface area contributed by atoms with Crippen LogP contribution in [0.3, 0.4) is 0 Å². The Hall–Kier alpha value is -1.72. The lowest BCUT2D eigenvalue weighted by Gasteiger charge is -2.26. The smallest absolute Gasteiger partial charge is 0.251 e. The first-order valence-electron chi connectivity index (χ1n) is 7.15. The van der Waals surface area contributed by atoms with Crippen molar-refractivity contribution in [2.24, 2.45) is 0 Å². The quantitative estimate of drug-likeness (QED) is 0.744. The molecule has 2 unspecified atom stereocenters. The number of carbonyl (C=O) groups is 2. The summed E-state index contributed by atoms with van der Waals surface area (Å²) in [5, 5.41) is 0. The highest BCUT2D eigenvalue weighted by Crippen LogP contribution is 2.20. The van der Waals surface area contributed by atoms with Gasteiger partial charge in [0, 0.05) is 0 Å². The molecule has 0 spiro atoms. The molecule has 1 aromatic carbocycles. The van der Waals surface area contributed by atoms with Crippen LogP contribution in [-0.4, -0.2) is 48.7 Å². The molecule has 0 aromatic heterocycles. The van der Waals surface area contributed by atoms with Gasteiger partial charge in [-0.2, -0.15) is 0 Å². The van der Waals surface area contributed by atoms with Gasteiger partial charge in [-0.1, -0.05) is 30.3 Å². The van der Waals surface area contributed by atoms with Crippen LogP contribution in [0.5, 0.6) is 0 Å². The molecule has 114 valence electrons. The van der Waals surface area contributed by atoms with E-state index in [1.807, 2.05) is 44.2 Å². The molecule has 21 heavy (non-hydrogen) atoms. The summed E-state index contributed by atoms with van der Waals surface area (Å²) in [6.07, 6.45) is 0.498. The first-order chi connectivity index (χ1) is 10.1. The second-order valence-electron chi connectivity index (χ2n) is 5.36. The van der Waals surface area contributed by atoms with Crippen molar-refractivity contribution in [3.05, 3.63) is 35.9 Å². The Morgan fingerprint density at radius 3 is 2.76 bits per heavy atom. The molecule has 0 saturated carbocycles. The standard InChI is InChI=1S/C16H21NO4/c1-12(2)20-11-15(19)17-14(10-21-16(17)9-18)8-13-6-4-3-5-7-13/h3-7,9,12,14,16H,8,10-11H2,1-2H3. The molecule has 5 heteroatoms. The Morgan fingerprint density at radius 2 is 2.14 bits per heavy atom. The third-order valence-corrected chi connectivity index (χ3v) is 3.39. The van der Waals surface area contributed by atoms with Crippen LogP contribution in [0.2, 0.25) is 0 Å². The molecule has 1 amide bonds. The summed E-state index contributed by atoms with van der Waals surface area (Å²) in [5.41, 5.74) is 1.11. The number of carbonyl (C=O) groups excluding carboxylic acids is 2. The minimum Gasteiger partial charge on any atom is -0.369 e. The summed E-state index contributed by atoms with van der Waals surface area (Å²) < 4.78 is 10.8. The minimum absolute atomic E-state index is 0.0280. The van der Waals surface area contributed by atoms with Crippen molar-refractivity contribution in [2.45, 2.75) is 38.6 Å². The maximum absolute atomic E-state index is 12.3. The average Bonchev–Trinajstić information content (AvgIpc) is 2.88. The third kappa shape index (κ3) is 4.12. The van der Waals surface area contributed by atoms with E-state index in [9.17, 15) is 9.59 Å². The molecule has 2 atom stereocenters. The van der Waals surface area contributed by atoms with Gasteiger partial charge in [0.1, 0.15) is 6.61 Å². The van der Waals surface area contributed by atoms with E-state index in [4.69, 9.17) is 9.47 Å². The number of amides is 1. The number of rotatable bonds is 6. The summed E-state index contributed by atoms with van der Waals surface area (Å²) in [5.74, 6) is -0.209. The van der Waals surface area contributed by atoms with E-state index >= 15 is 0 Å².